The maximum absolute atomic E-state index is 11.4. The van der Waals surface area contributed by atoms with E-state index in [1.165, 1.54) is 0 Å². The summed E-state index contributed by atoms with van der Waals surface area (Å²) in [4.78, 5) is 15.5. The van der Waals surface area contributed by atoms with E-state index in [1.54, 1.807) is 25.4 Å². The Balaban J connectivity index is 2.30. The van der Waals surface area contributed by atoms with Crippen molar-refractivity contribution in [3.05, 3.63) is 24.0 Å². The van der Waals surface area contributed by atoms with Crippen molar-refractivity contribution in [3.8, 4) is 17.6 Å². The number of hydrogen-bond donors (Lipinski definition) is 1. The van der Waals surface area contributed by atoms with Gasteiger partial charge in [0.1, 0.15) is 17.0 Å². The summed E-state index contributed by atoms with van der Waals surface area (Å²) in [6.45, 7) is 5.91. The Kier molecular flexibility index (Phi) is 5.85. The number of alkyl carbamates (subject to hydrolysis) is 1. The molecular formula is C15H20N2O3. The van der Waals surface area contributed by atoms with E-state index in [1.807, 2.05) is 20.8 Å². The average molecular weight is 276 g/mol. The smallest absolute Gasteiger partial charge is 0.407 e. The molecule has 1 rings (SSSR count). The second-order valence-electron chi connectivity index (χ2n) is 5.06. The van der Waals surface area contributed by atoms with Crippen LogP contribution >= 0.6 is 0 Å². The lowest BCUT2D eigenvalue weighted by atomic mass is 10.2. The van der Waals surface area contributed by atoms with Crippen LogP contribution in [0.3, 0.4) is 0 Å². The molecule has 0 aliphatic carbocycles. The molecule has 20 heavy (non-hydrogen) atoms. The molecule has 1 amide bonds. The van der Waals surface area contributed by atoms with Gasteiger partial charge < -0.3 is 14.8 Å². The molecule has 1 aromatic heterocycles. The summed E-state index contributed by atoms with van der Waals surface area (Å²) < 4.78 is 10.1. The number of carbonyl (C=O) groups excluding carboxylic acids is 1. The molecule has 0 aromatic carbocycles. The van der Waals surface area contributed by atoms with Crippen LogP contribution in [0.15, 0.2) is 18.3 Å². The summed E-state index contributed by atoms with van der Waals surface area (Å²) in [7, 11) is 1.59. The Labute approximate surface area is 119 Å². The van der Waals surface area contributed by atoms with Crippen LogP contribution in [0.2, 0.25) is 0 Å². The fourth-order valence-corrected chi connectivity index (χ4v) is 1.27. The summed E-state index contributed by atoms with van der Waals surface area (Å²) >= 11 is 0. The van der Waals surface area contributed by atoms with E-state index in [9.17, 15) is 4.79 Å². The van der Waals surface area contributed by atoms with Gasteiger partial charge >= 0.3 is 6.09 Å². The number of rotatable bonds is 3. The van der Waals surface area contributed by atoms with Gasteiger partial charge in [-0.3, -0.25) is 0 Å². The van der Waals surface area contributed by atoms with Gasteiger partial charge in [-0.05, 0) is 38.8 Å². The zero-order valence-electron chi connectivity index (χ0n) is 12.3. The molecule has 0 saturated carbocycles. The van der Waals surface area contributed by atoms with E-state index >= 15 is 0 Å². The minimum Gasteiger partial charge on any atom is -0.495 e. The van der Waals surface area contributed by atoms with Crippen molar-refractivity contribution in [2.75, 3.05) is 13.7 Å². The third-order valence-corrected chi connectivity index (χ3v) is 2.11. The number of carbonyl (C=O) groups is 1. The molecule has 0 saturated heterocycles. The highest BCUT2D eigenvalue weighted by atomic mass is 16.6. The van der Waals surface area contributed by atoms with E-state index < -0.39 is 11.7 Å². The number of pyridine rings is 1. The normalized spacial score (nSPS) is 10.2. The second kappa shape index (κ2) is 7.39. The van der Waals surface area contributed by atoms with Gasteiger partial charge in [0.2, 0.25) is 0 Å². The molecule has 0 aliphatic rings. The van der Waals surface area contributed by atoms with Crippen molar-refractivity contribution in [3.63, 3.8) is 0 Å². The number of hydrogen-bond acceptors (Lipinski definition) is 4. The first-order valence-electron chi connectivity index (χ1n) is 6.36. The van der Waals surface area contributed by atoms with Gasteiger partial charge in [0.05, 0.1) is 13.3 Å². The highest BCUT2D eigenvalue weighted by molar-refractivity contribution is 5.67. The van der Waals surface area contributed by atoms with Gasteiger partial charge in [0.25, 0.3) is 0 Å². The quantitative estimate of drug-likeness (QED) is 0.680. The molecule has 0 spiro atoms. The molecule has 0 atom stereocenters. The molecule has 0 unspecified atom stereocenters. The topological polar surface area (TPSA) is 60.5 Å². The first kappa shape index (κ1) is 15.8. The summed E-state index contributed by atoms with van der Waals surface area (Å²) in [5.41, 5.74) is 0.186. The Bertz CT molecular complexity index is 493. The van der Waals surface area contributed by atoms with Gasteiger partial charge in [-0.2, -0.15) is 0 Å². The lowest BCUT2D eigenvalue weighted by Gasteiger charge is -2.19. The Morgan fingerprint density at radius 3 is 2.70 bits per heavy atom. The van der Waals surface area contributed by atoms with E-state index in [2.05, 4.69) is 22.1 Å². The van der Waals surface area contributed by atoms with Gasteiger partial charge in [0, 0.05) is 13.0 Å². The molecule has 1 heterocycles. The molecule has 5 heteroatoms. The van der Waals surface area contributed by atoms with Gasteiger partial charge in [-0.1, -0.05) is 5.92 Å². The highest BCUT2D eigenvalue weighted by Gasteiger charge is 2.15. The molecule has 108 valence electrons. The van der Waals surface area contributed by atoms with Crippen molar-refractivity contribution >= 4 is 6.09 Å². The Hall–Kier alpha value is -2.22. The fourth-order valence-electron chi connectivity index (χ4n) is 1.27. The van der Waals surface area contributed by atoms with E-state index in [0.29, 0.717) is 24.4 Å². The van der Waals surface area contributed by atoms with Gasteiger partial charge in [0.15, 0.2) is 0 Å². The summed E-state index contributed by atoms with van der Waals surface area (Å²) in [6, 6.07) is 3.59. The third kappa shape index (κ3) is 6.64. The zero-order chi connectivity index (χ0) is 15.0. The van der Waals surface area contributed by atoms with Crippen LogP contribution in [-0.4, -0.2) is 30.3 Å². The Morgan fingerprint density at radius 2 is 2.15 bits per heavy atom. The minimum atomic E-state index is -0.483. The lowest BCUT2D eigenvalue weighted by Crippen LogP contribution is -2.32. The molecule has 0 aliphatic heterocycles. The molecule has 0 fully saturated rings. The second-order valence-corrected chi connectivity index (χ2v) is 5.06. The largest absolute Gasteiger partial charge is 0.495 e. The molecule has 0 radical (unpaired) electrons. The predicted molar refractivity (Wildman–Crippen MR) is 76.5 cm³/mol. The van der Waals surface area contributed by atoms with Crippen LogP contribution in [0.1, 0.15) is 32.9 Å². The van der Waals surface area contributed by atoms with Crippen molar-refractivity contribution in [2.24, 2.45) is 0 Å². The lowest BCUT2D eigenvalue weighted by molar-refractivity contribution is 0.0529. The molecule has 5 nitrogen and oxygen atoms in total. The highest BCUT2D eigenvalue weighted by Crippen LogP contribution is 2.07. The van der Waals surface area contributed by atoms with Crippen molar-refractivity contribution < 1.29 is 14.3 Å². The van der Waals surface area contributed by atoms with Gasteiger partial charge in [-0.25, -0.2) is 9.78 Å². The fraction of sp³-hybridized carbons (Fsp3) is 0.467. The number of amides is 1. The van der Waals surface area contributed by atoms with Crippen LogP contribution in [0, 0.1) is 11.8 Å². The van der Waals surface area contributed by atoms with Crippen LogP contribution < -0.4 is 10.1 Å². The number of ether oxygens (including phenoxy) is 2. The van der Waals surface area contributed by atoms with Crippen LogP contribution in [0.4, 0.5) is 4.79 Å². The van der Waals surface area contributed by atoms with E-state index in [-0.39, 0.29) is 0 Å². The monoisotopic (exact) mass is 276 g/mol. The van der Waals surface area contributed by atoms with Crippen molar-refractivity contribution in [2.45, 2.75) is 32.8 Å². The Morgan fingerprint density at radius 1 is 1.40 bits per heavy atom. The third-order valence-electron chi connectivity index (χ3n) is 2.11. The predicted octanol–water partition coefficient (Wildman–Crippen LogP) is 2.36. The number of nitrogens with one attached hydrogen (secondary N) is 1. The first-order valence-corrected chi connectivity index (χ1v) is 6.36. The molecule has 1 N–H and O–H groups in total. The van der Waals surface area contributed by atoms with Crippen LogP contribution in [0.25, 0.3) is 0 Å². The maximum atomic E-state index is 11.4. The number of methoxy groups -OCH3 is 1. The number of aromatic nitrogens is 1. The summed E-state index contributed by atoms with van der Waals surface area (Å²) in [5.74, 6) is 6.54. The van der Waals surface area contributed by atoms with Crippen molar-refractivity contribution in [1.29, 1.82) is 0 Å². The summed E-state index contributed by atoms with van der Waals surface area (Å²) in [6.07, 6.45) is 1.72. The standard InChI is InChI=1S/C15H20N2O3/c1-15(2,3)20-14(18)16-10-6-5-7-12-8-9-13(19-4)11-17-12/h8-9,11H,6,10H2,1-4H3,(H,16,18). The van der Waals surface area contributed by atoms with Gasteiger partial charge in [-0.15, -0.1) is 0 Å². The molecule has 0 bridgehead atoms. The minimum absolute atomic E-state index is 0.429. The van der Waals surface area contributed by atoms with Crippen LogP contribution in [0.5, 0.6) is 5.75 Å². The van der Waals surface area contributed by atoms with Crippen LogP contribution in [-0.2, 0) is 4.74 Å². The zero-order valence-corrected chi connectivity index (χ0v) is 12.3. The summed E-state index contributed by atoms with van der Waals surface area (Å²) in [5, 5.41) is 2.64. The molecular weight excluding hydrogens is 256 g/mol. The molecule has 1 aromatic rings. The first-order chi connectivity index (χ1) is 9.40. The maximum Gasteiger partial charge on any atom is 0.407 e. The van der Waals surface area contributed by atoms with E-state index in [4.69, 9.17) is 9.47 Å². The average Bonchev–Trinajstić information content (AvgIpc) is 2.37. The number of nitrogens with zero attached hydrogens (tertiary/aromatic N) is 1. The van der Waals surface area contributed by atoms with Crippen molar-refractivity contribution in [1.82, 2.24) is 10.3 Å². The van der Waals surface area contributed by atoms with E-state index in [0.717, 1.165) is 0 Å². The SMILES string of the molecule is COc1ccc(C#CCCNC(=O)OC(C)(C)C)nc1.